The van der Waals surface area contributed by atoms with E-state index < -0.39 is 12.1 Å². The van der Waals surface area contributed by atoms with Crippen LogP contribution in [0.2, 0.25) is 5.02 Å². The molecule has 0 unspecified atom stereocenters. The van der Waals surface area contributed by atoms with E-state index in [1.54, 1.807) is 50.4 Å². The Morgan fingerprint density at radius 2 is 1.85 bits per heavy atom. The van der Waals surface area contributed by atoms with E-state index in [9.17, 15) is 9.59 Å². The van der Waals surface area contributed by atoms with Crippen molar-refractivity contribution < 1.29 is 23.8 Å². The molecule has 6 nitrogen and oxygen atoms in total. The van der Waals surface area contributed by atoms with Crippen molar-refractivity contribution in [2.45, 2.75) is 26.4 Å². The summed E-state index contributed by atoms with van der Waals surface area (Å²) in [6.45, 7) is 3.84. The van der Waals surface area contributed by atoms with Crippen molar-refractivity contribution in [1.82, 2.24) is 0 Å². The normalized spacial score (nSPS) is 11.4. The number of hydrogen-bond acceptors (Lipinski definition) is 5. The number of halogens is 1. The van der Waals surface area contributed by atoms with Gasteiger partial charge in [0.25, 0.3) is 5.91 Å². The highest BCUT2D eigenvalue weighted by Gasteiger charge is 2.20. The smallest absolute Gasteiger partial charge is 0.338 e. The van der Waals surface area contributed by atoms with Crippen molar-refractivity contribution in [2.24, 2.45) is 0 Å². The Balaban J connectivity index is 2.08. The molecule has 0 heterocycles. The molecule has 0 aliphatic rings. The quantitative estimate of drug-likeness (QED) is 0.678. The summed E-state index contributed by atoms with van der Waals surface area (Å²) in [4.78, 5) is 24.3. The SMILES string of the molecule is CCOC(=O)c1ccc(NC(=O)[C@@H](CC)Oc2cccc(OC)c2)c(Cl)c1. The van der Waals surface area contributed by atoms with Gasteiger partial charge >= 0.3 is 5.97 Å². The summed E-state index contributed by atoms with van der Waals surface area (Å²) in [5.41, 5.74) is 0.710. The summed E-state index contributed by atoms with van der Waals surface area (Å²) in [7, 11) is 1.56. The van der Waals surface area contributed by atoms with Crippen LogP contribution in [0.4, 0.5) is 5.69 Å². The molecule has 2 rings (SSSR count). The highest BCUT2D eigenvalue weighted by molar-refractivity contribution is 6.34. The monoisotopic (exact) mass is 391 g/mol. The third kappa shape index (κ3) is 5.62. The van der Waals surface area contributed by atoms with Gasteiger partial charge in [-0.05, 0) is 43.7 Å². The minimum Gasteiger partial charge on any atom is -0.497 e. The number of anilines is 1. The van der Waals surface area contributed by atoms with Crippen LogP contribution in [0.15, 0.2) is 42.5 Å². The molecule has 0 bridgehead atoms. The molecule has 0 saturated heterocycles. The molecule has 2 aromatic rings. The number of nitrogens with one attached hydrogen (secondary N) is 1. The van der Waals surface area contributed by atoms with Crippen LogP contribution in [0, 0.1) is 0 Å². The van der Waals surface area contributed by atoms with Gasteiger partial charge in [-0.25, -0.2) is 4.79 Å². The van der Waals surface area contributed by atoms with E-state index in [1.807, 2.05) is 6.92 Å². The lowest BCUT2D eigenvalue weighted by Gasteiger charge is -2.18. The number of esters is 1. The minimum atomic E-state index is -0.710. The van der Waals surface area contributed by atoms with Gasteiger partial charge in [-0.15, -0.1) is 0 Å². The van der Waals surface area contributed by atoms with Crippen LogP contribution in [0.1, 0.15) is 30.6 Å². The standard InChI is InChI=1S/C20H22ClNO5/c1-4-18(27-15-8-6-7-14(12-15)25-3)19(23)22-17-10-9-13(11-16(17)21)20(24)26-5-2/h6-12,18H,4-5H2,1-3H3,(H,22,23)/t18-/m1/s1. The van der Waals surface area contributed by atoms with Crippen LogP contribution in [0.3, 0.4) is 0 Å². The number of hydrogen-bond donors (Lipinski definition) is 1. The second-order valence-corrected chi connectivity index (χ2v) is 6.01. The van der Waals surface area contributed by atoms with Crippen molar-refractivity contribution in [2.75, 3.05) is 19.0 Å². The lowest BCUT2D eigenvalue weighted by Crippen LogP contribution is -2.32. The third-order valence-corrected chi connectivity index (χ3v) is 4.03. The number of benzene rings is 2. The molecule has 0 aliphatic heterocycles. The van der Waals surface area contributed by atoms with Gasteiger partial charge < -0.3 is 19.5 Å². The molecule has 0 radical (unpaired) electrons. The first-order valence-corrected chi connectivity index (χ1v) is 8.94. The Kier molecular flexibility index (Phi) is 7.49. The lowest BCUT2D eigenvalue weighted by molar-refractivity contribution is -0.122. The first-order chi connectivity index (χ1) is 13.0. The van der Waals surface area contributed by atoms with E-state index in [2.05, 4.69) is 5.32 Å². The van der Waals surface area contributed by atoms with Crippen molar-refractivity contribution in [3.05, 3.63) is 53.1 Å². The molecule has 1 N–H and O–H groups in total. The average molecular weight is 392 g/mol. The maximum atomic E-state index is 12.6. The first-order valence-electron chi connectivity index (χ1n) is 8.56. The number of ether oxygens (including phenoxy) is 3. The Bertz CT molecular complexity index is 809. The Hall–Kier alpha value is -2.73. The van der Waals surface area contributed by atoms with Crippen molar-refractivity contribution in [3.63, 3.8) is 0 Å². The van der Waals surface area contributed by atoms with Crippen LogP contribution in [-0.4, -0.2) is 31.7 Å². The molecule has 144 valence electrons. The fourth-order valence-electron chi connectivity index (χ4n) is 2.33. The van der Waals surface area contributed by atoms with E-state index in [1.165, 1.54) is 6.07 Å². The predicted octanol–water partition coefficient (Wildman–Crippen LogP) is 4.32. The molecule has 0 aromatic heterocycles. The summed E-state index contributed by atoms with van der Waals surface area (Å²) >= 11 is 6.19. The number of rotatable bonds is 8. The van der Waals surface area contributed by atoms with Gasteiger partial charge in [0.05, 0.1) is 30.0 Å². The zero-order chi connectivity index (χ0) is 19.8. The second kappa shape index (κ2) is 9.83. The van der Waals surface area contributed by atoms with Crippen LogP contribution in [0.25, 0.3) is 0 Å². The van der Waals surface area contributed by atoms with Crippen molar-refractivity contribution >= 4 is 29.2 Å². The number of carbonyl (C=O) groups excluding carboxylic acids is 2. The molecule has 0 aliphatic carbocycles. The van der Waals surface area contributed by atoms with Gasteiger partial charge in [-0.2, -0.15) is 0 Å². The predicted molar refractivity (Wildman–Crippen MR) is 104 cm³/mol. The van der Waals surface area contributed by atoms with Gasteiger partial charge in [0, 0.05) is 6.07 Å². The molecule has 0 spiro atoms. The molecule has 27 heavy (non-hydrogen) atoms. The van der Waals surface area contributed by atoms with Gasteiger partial charge in [0.2, 0.25) is 0 Å². The molecule has 2 aromatic carbocycles. The summed E-state index contributed by atoms with van der Waals surface area (Å²) in [6.07, 6.45) is -0.250. The minimum absolute atomic E-state index is 0.241. The summed E-state index contributed by atoms with van der Waals surface area (Å²) in [6, 6.07) is 11.6. The molecule has 0 fully saturated rings. The second-order valence-electron chi connectivity index (χ2n) is 5.60. The van der Waals surface area contributed by atoms with E-state index in [0.717, 1.165) is 0 Å². The van der Waals surface area contributed by atoms with Crippen molar-refractivity contribution in [1.29, 1.82) is 0 Å². The van der Waals surface area contributed by atoms with E-state index in [0.29, 0.717) is 29.2 Å². The zero-order valence-electron chi connectivity index (χ0n) is 15.5. The Labute approximate surface area is 163 Å². The molecule has 7 heteroatoms. The van der Waals surface area contributed by atoms with Crippen LogP contribution in [0.5, 0.6) is 11.5 Å². The number of amides is 1. The van der Waals surface area contributed by atoms with Crippen molar-refractivity contribution in [3.8, 4) is 11.5 Å². The number of carbonyl (C=O) groups is 2. The van der Waals surface area contributed by atoms with Crippen LogP contribution >= 0.6 is 11.6 Å². The summed E-state index contributed by atoms with van der Waals surface area (Å²) in [5.74, 6) is 0.358. The van der Waals surface area contributed by atoms with Gasteiger partial charge in [0.1, 0.15) is 11.5 Å². The Morgan fingerprint density at radius 1 is 1.11 bits per heavy atom. The highest BCUT2D eigenvalue weighted by atomic mass is 35.5. The van der Waals surface area contributed by atoms with E-state index in [-0.39, 0.29) is 17.5 Å². The van der Waals surface area contributed by atoms with Crippen LogP contribution < -0.4 is 14.8 Å². The molecule has 1 atom stereocenters. The summed E-state index contributed by atoms with van der Waals surface area (Å²) < 4.78 is 15.8. The lowest BCUT2D eigenvalue weighted by atomic mass is 10.2. The first kappa shape index (κ1) is 20.6. The summed E-state index contributed by atoms with van der Waals surface area (Å²) in [5, 5.41) is 2.97. The van der Waals surface area contributed by atoms with Gasteiger partial charge in [-0.3, -0.25) is 4.79 Å². The van der Waals surface area contributed by atoms with E-state index in [4.69, 9.17) is 25.8 Å². The molecule has 0 saturated carbocycles. The molecular formula is C20H22ClNO5. The maximum Gasteiger partial charge on any atom is 0.338 e. The molecule has 1 amide bonds. The maximum absolute atomic E-state index is 12.6. The Morgan fingerprint density at radius 3 is 2.48 bits per heavy atom. The van der Waals surface area contributed by atoms with E-state index >= 15 is 0 Å². The zero-order valence-corrected chi connectivity index (χ0v) is 16.2. The van der Waals surface area contributed by atoms with Gasteiger partial charge in [-0.1, -0.05) is 24.6 Å². The van der Waals surface area contributed by atoms with Gasteiger partial charge in [0.15, 0.2) is 6.10 Å². The largest absolute Gasteiger partial charge is 0.497 e. The third-order valence-electron chi connectivity index (χ3n) is 3.72. The fraction of sp³-hybridized carbons (Fsp3) is 0.300. The fourth-order valence-corrected chi connectivity index (χ4v) is 2.56. The topological polar surface area (TPSA) is 73.9 Å². The number of methoxy groups -OCH3 is 1. The average Bonchev–Trinajstić information content (AvgIpc) is 2.67. The highest BCUT2D eigenvalue weighted by Crippen LogP contribution is 2.25. The molecular weight excluding hydrogens is 370 g/mol. The van der Waals surface area contributed by atoms with Crippen LogP contribution in [-0.2, 0) is 9.53 Å².